The Balaban J connectivity index is 1.25. The van der Waals surface area contributed by atoms with E-state index in [4.69, 9.17) is 22.2 Å². The first kappa shape index (κ1) is 22.3. The molecule has 0 atom stereocenters. The number of thiocarbonyl (C=S) groups is 1. The number of hydrogen-bond donors (Lipinski definition) is 2. The van der Waals surface area contributed by atoms with Gasteiger partial charge in [-0.2, -0.15) is 9.97 Å². The zero-order valence-electron chi connectivity index (χ0n) is 20.0. The summed E-state index contributed by atoms with van der Waals surface area (Å²) in [5.41, 5.74) is 5.45. The average molecular weight is 485 g/mol. The molecular weight excluding hydrogens is 452 g/mol. The van der Waals surface area contributed by atoms with Crippen molar-refractivity contribution in [3.63, 3.8) is 0 Å². The molecule has 1 aliphatic carbocycles. The van der Waals surface area contributed by atoms with Gasteiger partial charge in [-0.3, -0.25) is 0 Å². The van der Waals surface area contributed by atoms with Crippen LogP contribution in [-0.2, 0) is 26.2 Å². The van der Waals surface area contributed by atoms with Gasteiger partial charge in [0, 0.05) is 38.3 Å². The molecule has 2 aromatic carbocycles. The minimum atomic E-state index is 0.432. The second-order valence-electron chi connectivity index (χ2n) is 9.94. The van der Waals surface area contributed by atoms with Crippen molar-refractivity contribution in [1.82, 2.24) is 15.3 Å². The van der Waals surface area contributed by atoms with Crippen LogP contribution in [0.25, 0.3) is 0 Å². The van der Waals surface area contributed by atoms with E-state index in [1.165, 1.54) is 60.8 Å². The van der Waals surface area contributed by atoms with E-state index >= 15 is 0 Å². The van der Waals surface area contributed by atoms with Crippen LogP contribution in [0.5, 0.6) is 0 Å². The first-order valence-corrected chi connectivity index (χ1v) is 13.2. The topological polar surface area (TPSA) is 56.3 Å². The third-order valence-electron chi connectivity index (χ3n) is 7.44. The Kier molecular flexibility index (Phi) is 6.25. The predicted octanol–water partition coefficient (Wildman–Crippen LogP) is 5.53. The Hall–Kier alpha value is -3.19. The molecule has 2 aliphatic heterocycles. The maximum Gasteiger partial charge on any atom is 0.232 e. The van der Waals surface area contributed by atoms with Gasteiger partial charge in [0.1, 0.15) is 11.6 Å². The molecule has 180 valence electrons. The Bertz CT molecular complexity index is 1100. The van der Waals surface area contributed by atoms with Gasteiger partial charge in [0.05, 0.1) is 0 Å². The van der Waals surface area contributed by atoms with Crippen LogP contribution in [0.1, 0.15) is 60.8 Å². The highest BCUT2D eigenvalue weighted by Crippen LogP contribution is 2.33. The molecule has 3 aromatic rings. The fourth-order valence-corrected chi connectivity index (χ4v) is 5.80. The minimum Gasteiger partial charge on any atom is -0.360 e. The summed E-state index contributed by atoms with van der Waals surface area (Å²) in [7, 11) is 0. The summed E-state index contributed by atoms with van der Waals surface area (Å²) in [4.78, 5) is 14.5. The zero-order valence-corrected chi connectivity index (χ0v) is 20.9. The lowest BCUT2D eigenvalue weighted by molar-refractivity contribution is 0.535. The average Bonchev–Trinajstić information content (AvgIpc) is 3.42. The molecule has 6 rings (SSSR count). The van der Waals surface area contributed by atoms with Crippen molar-refractivity contribution in [1.29, 1.82) is 0 Å². The lowest BCUT2D eigenvalue weighted by Gasteiger charge is -2.23. The van der Waals surface area contributed by atoms with Gasteiger partial charge in [-0.1, -0.05) is 74.2 Å². The first-order chi connectivity index (χ1) is 17.2. The standard InChI is InChI=1S/C28H32N6S/c35-28(29-24-13-3-1-2-4-14-24)32-27-30-25(33-16-20-9-5-6-10-21(20)17-33)15-26(31-27)34-18-22-11-7-8-12-23(22)19-34/h5-12,15,24H,1-4,13-14,16-19H2,(H2,29,30,31,32,35). The van der Waals surface area contributed by atoms with Crippen molar-refractivity contribution in [2.75, 3.05) is 15.1 Å². The van der Waals surface area contributed by atoms with Crippen LogP contribution < -0.4 is 20.4 Å². The van der Waals surface area contributed by atoms with Gasteiger partial charge >= 0.3 is 0 Å². The number of benzene rings is 2. The molecule has 1 saturated carbocycles. The van der Waals surface area contributed by atoms with Crippen molar-refractivity contribution in [2.45, 2.75) is 70.7 Å². The van der Waals surface area contributed by atoms with Crippen LogP contribution >= 0.6 is 12.2 Å². The van der Waals surface area contributed by atoms with Gasteiger partial charge in [-0.05, 0) is 47.3 Å². The van der Waals surface area contributed by atoms with E-state index in [1.807, 2.05) is 0 Å². The number of fused-ring (bicyclic) bond motifs is 2. The molecule has 3 aliphatic rings. The monoisotopic (exact) mass is 484 g/mol. The van der Waals surface area contributed by atoms with Crippen molar-refractivity contribution < 1.29 is 0 Å². The number of aromatic nitrogens is 2. The molecule has 1 aromatic heterocycles. The van der Waals surface area contributed by atoms with E-state index in [0.29, 0.717) is 17.1 Å². The number of nitrogens with one attached hydrogen (secondary N) is 2. The summed E-state index contributed by atoms with van der Waals surface area (Å²) in [6.07, 6.45) is 7.52. The van der Waals surface area contributed by atoms with Gasteiger partial charge < -0.3 is 20.4 Å². The summed E-state index contributed by atoms with van der Waals surface area (Å²) in [5.74, 6) is 2.43. The number of anilines is 3. The predicted molar refractivity (Wildman–Crippen MR) is 146 cm³/mol. The van der Waals surface area contributed by atoms with E-state index in [-0.39, 0.29) is 0 Å². The molecule has 0 spiro atoms. The van der Waals surface area contributed by atoms with Crippen molar-refractivity contribution in [3.05, 3.63) is 76.9 Å². The SMILES string of the molecule is S=C(Nc1nc(N2Cc3ccccc3C2)cc(N2Cc3ccccc3C2)n1)NC1CCCCCC1. The van der Waals surface area contributed by atoms with Crippen LogP contribution in [0.3, 0.4) is 0 Å². The van der Waals surface area contributed by atoms with Crippen LogP contribution in [0.4, 0.5) is 17.6 Å². The smallest absolute Gasteiger partial charge is 0.232 e. The van der Waals surface area contributed by atoms with Crippen LogP contribution in [0.15, 0.2) is 54.6 Å². The van der Waals surface area contributed by atoms with E-state index in [0.717, 1.165) is 37.8 Å². The fraction of sp³-hybridized carbons (Fsp3) is 0.393. The fourth-order valence-electron chi connectivity index (χ4n) is 5.54. The normalized spacial score (nSPS) is 17.6. The van der Waals surface area contributed by atoms with Gasteiger partial charge in [-0.25, -0.2) is 0 Å². The number of nitrogens with zero attached hydrogens (tertiary/aromatic N) is 4. The summed E-state index contributed by atoms with van der Waals surface area (Å²) in [5, 5.41) is 7.47. The van der Waals surface area contributed by atoms with E-state index in [9.17, 15) is 0 Å². The first-order valence-electron chi connectivity index (χ1n) is 12.8. The molecule has 0 bridgehead atoms. The minimum absolute atomic E-state index is 0.432. The van der Waals surface area contributed by atoms with Gasteiger partial charge in [0.2, 0.25) is 5.95 Å². The summed E-state index contributed by atoms with van der Waals surface area (Å²) < 4.78 is 0. The molecule has 35 heavy (non-hydrogen) atoms. The molecule has 3 heterocycles. The maximum absolute atomic E-state index is 5.70. The van der Waals surface area contributed by atoms with Gasteiger partial charge in [-0.15, -0.1) is 0 Å². The maximum atomic E-state index is 5.70. The van der Waals surface area contributed by atoms with E-state index in [1.54, 1.807) is 0 Å². The lowest BCUT2D eigenvalue weighted by atomic mass is 10.1. The second kappa shape index (κ2) is 9.82. The van der Waals surface area contributed by atoms with Crippen LogP contribution in [0, 0.1) is 0 Å². The third-order valence-corrected chi connectivity index (χ3v) is 7.66. The molecule has 0 unspecified atom stereocenters. The lowest BCUT2D eigenvalue weighted by Crippen LogP contribution is -2.38. The molecule has 7 heteroatoms. The highest BCUT2D eigenvalue weighted by Gasteiger charge is 2.25. The Morgan fingerprint density at radius 3 is 1.63 bits per heavy atom. The Morgan fingerprint density at radius 2 is 1.17 bits per heavy atom. The van der Waals surface area contributed by atoms with Crippen molar-refractivity contribution >= 4 is 34.9 Å². The Labute approximate surface area is 212 Å². The molecule has 0 saturated heterocycles. The quantitative estimate of drug-likeness (QED) is 0.373. The molecule has 2 N–H and O–H groups in total. The third kappa shape index (κ3) is 4.96. The molecule has 0 amide bonds. The van der Waals surface area contributed by atoms with Crippen LogP contribution in [-0.4, -0.2) is 21.1 Å². The summed E-state index contributed by atoms with van der Waals surface area (Å²) >= 11 is 5.70. The van der Waals surface area contributed by atoms with Crippen LogP contribution in [0.2, 0.25) is 0 Å². The van der Waals surface area contributed by atoms with Gasteiger partial charge in [0.25, 0.3) is 0 Å². The van der Waals surface area contributed by atoms with Crippen molar-refractivity contribution in [2.24, 2.45) is 0 Å². The number of rotatable bonds is 4. The highest BCUT2D eigenvalue weighted by molar-refractivity contribution is 7.80. The molecule has 0 radical (unpaired) electrons. The van der Waals surface area contributed by atoms with E-state index in [2.05, 4.69) is 75.0 Å². The van der Waals surface area contributed by atoms with Crippen molar-refractivity contribution in [3.8, 4) is 0 Å². The Morgan fingerprint density at radius 1 is 0.714 bits per heavy atom. The molecular formula is C28H32N6S. The summed E-state index contributed by atoms with van der Waals surface area (Å²) in [6.45, 7) is 3.43. The largest absolute Gasteiger partial charge is 0.360 e. The molecule has 1 fully saturated rings. The second-order valence-corrected chi connectivity index (χ2v) is 10.4. The zero-order chi connectivity index (χ0) is 23.6. The van der Waals surface area contributed by atoms with Gasteiger partial charge in [0.15, 0.2) is 5.11 Å². The number of hydrogen-bond acceptors (Lipinski definition) is 5. The highest BCUT2D eigenvalue weighted by atomic mass is 32.1. The summed E-state index contributed by atoms with van der Waals surface area (Å²) in [6, 6.07) is 19.8. The molecule has 6 nitrogen and oxygen atoms in total. The van der Waals surface area contributed by atoms with E-state index < -0.39 is 0 Å².